The van der Waals surface area contributed by atoms with Gasteiger partial charge in [-0.1, -0.05) is 70.2 Å². The fourth-order valence-electron chi connectivity index (χ4n) is 5.96. The van der Waals surface area contributed by atoms with Gasteiger partial charge in [0.15, 0.2) is 5.78 Å². The molecule has 1 fully saturated rings. The summed E-state index contributed by atoms with van der Waals surface area (Å²) in [5.74, 6) is 0.0813. The van der Waals surface area contributed by atoms with Gasteiger partial charge in [-0.25, -0.2) is 4.79 Å². The molecule has 8 heteroatoms. The minimum atomic E-state index is -1.07. The van der Waals surface area contributed by atoms with Crippen molar-refractivity contribution in [3.05, 3.63) is 35.4 Å². The van der Waals surface area contributed by atoms with Gasteiger partial charge in [-0.3, -0.25) is 14.5 Å². The van der Waals surface area contributed by atoms with Gasteiger partial charge in [0.1, 0.15) is 11.7 Å². The van der Waals surface area contributed by atoms with E-state index in [9.17, 15) is 24.6 Å². The number of ketones is 1. The fraction of sp³-hybridized carbons (Fsp3) is 0.719. The monoisotopic (exact) mass is 558 g/mol. The molecule has 1 saturated carbocycles. The van der Waals surface area contributed by atoms with Gasteiger partial charge < -0.3 is 20.3 Å². The van der Waals surface area contributed by atoms with E-state index >= 15 is 0 Å². The molecule has 3 rings (SSSR count). The number of fused-ring (bicyclic) bond motifs is 1. The van der Waals surface area contributed by atoms with Gasteiger partial charge in [-0.05, 0) is 56.6 Å². The van der Waals surface area contributed by atoms with Gasteiger partial charge in [-0.2, -0.15) is 0 Å². The molecule has 1 aliphatic carbocycles. The number of nitrogens with one attached hydrogen (secondary N) is 1. The highest BCUT2D eigenvalue weighted by Crippen LogP contribution is 2.30. The van der Waals surface area contributed by atoms with Gasteiger partial charge >= 0.3 is 6.09 Å². The van der Waals surface area contributed by atoms with Crippen LogP contribution in [0.15, 0.2) is 24.3 Å². The number of benzene rings is 1. The van der Waals surface area contributed by atoms with Crippen molar-refractivity contribution in [2.75, 3.05) is 0 Å². The lowest BCUT2D eigenvalue weighted by Gasteiger charge is -2.37. The lowest BCUT2D eigenvalue weighted by Crippen LogP contribution is -2.51. The van der Waals surface area contributed by atoms with Crippen LogP contribution in [-0.2, 0) is 27.3 Å². The molecule has 40 heavy (non-hydrogen) atoms. The van der Waals surface area contributed by atoms with E-state index in [2.05, 4.69) is 5.32 Å². The number of aliphatic hydroxyl groups is 2. The first-order chi connectivity index (χ1) is 18.8. The molecule has 224 valence electrons. The maximum Gasteiger partial charge on any atom is 0.411 e. The van der Waals surface area contributed by atoms with Gasteiger partial charge in [0.05, 0.1) is 24.7 Å². The SMILES string of the molecule is CC(C)C[C@H](O)[C@H](O)[C@H](CC1CCCCC1)NC(=O)CCC(=O)[C@@H]1Cc2ccccc2CN1C(=O)OC(C)(C)C. The molecule has 0 bridgehead atoms. The molecule has 0 spiro atoms. The summed E-state index contributed by atoms with van der Waals surface area (Å²) in [7, 11) is 0. The minimum absolute atomic E-state index is 0.0290. The average molecular weight is 559 g/mol. The Bertz CT molecular complexity index is 997. The summed E-state index contributed by atoms with van der Waals surface area (Å²) in [5, 5.41) is 24.6. The lowest BCUT2D eigenvalue weighted by atomic mass is 9.82. The van der Waals surface area contributed by atoms with E-state index in [1.54, 1.807) is 20.8 Å². The molecule has 1 heterocycles. The van der Waals surface area contributed by atoms with Crippen LogP contribution in [-0.4, -0.2) is 62.8 Å². The summed E-state index contributed by atoms with van der Waals surface area (Å²) in [6.07, 6.45) is 4.42. The zero-order valence-corrected chi connectivity index (χ0v) is 25.0. The van der Waals surface area contributed by atoms with Gasteiger partial charge in [0.2, 0.25) is 5.91 Å². The summed E-state index contributed by atoms with van der Waals surface area (Å²) in [4.78, 5) is 41.0. The summed E-state index contributed by atoms with van der Waals surface area (Å²) in [6.45, 7) is 9.62. The van der Waals surface area contributed by atoms with Crippen molar-refractivity contribution in [1.29, 1.82) is 0 Å². The summed E-state index contributed by atoms with van der Waals surface area (Å²) >= 11 is 0. The number of amides is 2. The second-order valence-corrected chi connectivity index (χ2v) is 13.2. The molecular weight excluding hydrogens is 508 g/mol. The van der Waals surface area contributed by atoms with E-state index in [1.165, 1.54) is 11.3 Å². The standard InChI is InChI=1S/C32H50N2O6/c1-21(2)17-28(36)30(38)25(18-22-11-7-6-8-12-22)33-29(37)16-15-27(35)26-19-23-13-9-10-14-24(23)20-34(26)31(39)40-32(3,4)5/h9-10,13-14,21-22,25-26,28,30,36,38H,6-8,11-12,15-20H2,1-5H3,(H,33,37)/t25-,26-,28-,30+/m0/s1. The predicted octanol–water partition coefficient (Wildman–Crippen LogP) is 4.92. The summed E-state index contributed by atoms with van der Waals surface area (Å²) in [5.41, 5.74) is 1.30. The Morgan fingerprint density at radius 3 is 2.30 bits per heavy atom. The first-order valence-electron chi connectivity index (χ1n) is 15.1. The van der Waals surface area contributed by atoms with Crippen LogP contribution in [0.1, 0.15) is 104 Å². The Hall–Kier alpha value is -2.45. The molecule has 1 aromatic rings. The molecule has 3 N–H and O–H groups in total. The van der Waals surface area contributed by atoms with Crippen molar-refractivity contribution in [3.63, 3.8) is 0 Å². The topological polar surface area (TPSA) is 116 Å². The number of carbonyl (C=O) groups is 3. The molecule has 1 aliphatic heterocycles. The highest BCUT2D eigenvalue weighted by Gasteiger charge is 2.37. The van der Waals surface area contributed by atoms with Crippen molar-refractivity contribution < 1.29 is 29.3 Å². The van der Waals surface area contributed by atoms with Crippen molar-refractivity contribution in [2.45, 2.75) is 135 Å². The summed E-state index contributed by atoms with van der Waals surface area (Å²) < 4.78 is 5.60. The third-order valence-corrected chi connectivity index (χ3v) is 8.02. The quantitative estimate of drug-likeness (QED) is 0.355. The minimum Gasteiger partial charge on any atom is -0.444 e. The van der Waals surface area contributed by atoms with Gasteiger partial charge in [-0.15, -0.1) is 0 Å². The first-order valence-corrected chi connectivity index (χ1v) is 15.1. The Labute approximate surface area is 239 Å². The van der Waals surface area contributed by atoms with Crippen LogP contribution in [0.25, 0.3) is 0 Å². The number of rotatable bonds is 11. The largest absolute Gasteiger partial charge is 0.444 e. The normalized spacial score (nSPS) is 20.4. The van der Waals surface area contributed by atoms with E-state index in [1.807, 2.05) is 38.1 Å². The number of aliphatic hydroxyl groups excluding tert-OH is 2. The van der Waals surface area contributed by atoms with Gasteiger partial charge in [0, 0.05) is 19.3 Å². The Morgan fingerprint density at radius 1 is 1.02 bits per heavy atom. The molecule has 0 aromatic heterocycles. The van der Waals surface area contributed by atoms with E-state index in [4.69, 9.17) is 4.74 Å². The van der Waals surface area contributed by atoms with Crippen molar-refractivity contribution in [2.24, 2.45) is 11.8 Å². The van der Waals surface area contributed by atoms with Gasteiger partial charge in [0.25, 0.3) is 0 Å². The molecule has 0 saturated heterocycles. The molecular formula is C32H50N2O6. The third-order valence-electron chi connectivity index (χ3n) is 8.02. The Morgan fingerprint density at radius 2 is 1.68 bits per heavy atom. The zero-order valence-electron chi connectivity index (χ0n) is 25.0. The van der Waals surface area contributed by atoms with Crippen molar-refractivity contribution in [1.82, 2.24) is 10.2 Å². The highest BCUT2D eigenvalue weighted by atomic mass is 16.6. The predicted molar refractivity (Wildman–Crippen MR) is 155 cm³/mol. The second kappa shape index (κ2) is 14.4. The van der Waals surface area contributed by atoms with Crippen LogP contribution in [0.3, 0.4) is 0 Å². The number of hydrogen-bond donors (Lipinski definition) is 3. The van der Waals surface area contributed by atoms with Crippen LogP contribution >= 0.6 is 0 Å². The molecule has 0 unspecified atom stereocenters. The number of hydrogen-bond acceptors (Lipinski definition) is 6. The Kier molecular flexibility index (Phi) is 11.6. The van der Waals surface area contributed by atoms with E-state index in [-0.39, 0.29) is 37.0 Å². The third kappa shape index (κ3) is 9.58. The van der Waals surface area contributed by atoms with Crippen LogP contribution < -0.4 is 5.32 Å². The van der Waals surface area contributed by atoms with E-state index < -0.39 is 36.0 Å². The fourth-order valence-corrected chi connectivity index (χ4v) is 5.96. The maximum absolute atomic E-state index is 13.4. The van der Waals surface area contributed by atoms with E-state index in [0.29, 0.717) is 25.2 Å². The molecule has 0 radical (unpaired) electrons. The molecule has 4 atom stereocenters. The van der Waals surface area contributed by atoms with Crippen molar-refractivity contribution >= 4 is 17.8 Å². The van der Waals surface area contributed by atoms with E-state index in [0.717, 1.165) is 36.8 Å². The molecule has 1 aromatic carbocycles. The highest BCUT2D eigenvalue weighted by molar-refractivity contribution is 5.91. The maximum atomic E-state index is 13.4. The first kappa shape index (κ1) is 32.1. The van der Waals surface area contributed by atoms with Crippen LogP contribution in [0.4, 0.5) is 4.79 Å². The van der Waals surface area contributed by atoms with Crippen LogP contribution in [0.5, 0.6) is 0 Å². The van der Waals surface area contributed by atoms with Crippen LogP contribution in [0.2, 0.25) is 0 Å². The second-order valence-electron chi connectivity index (χ2n) is 13.2. The molecule has 2 amide bonds. The number of carbonyl (C=O) groups excluding carboxylic acids is 3. The Balaban J connectivity index is 1.66. The summed E-state index contributed by atoms with van der Waals surface area (Å²) in [6, 6.07) is 6.46. The number of nitrogens with zero attached hydrogens (tertiary/aromatic N) is 1. The molecule has 2 aliphatic rings. The average Bonchev–Trinajstić information content (AvgIpc) is 2.89. The number of ether oxygens (including phenoxy) is 1. The van der Waals surface area contributed by atoms with Crippen molar-refractivity contribution in [3.8, 4) is 0 Å². The van der Waals surface area contributed by atoms with Crippen LogP contribution in [0, 0.1) is 11.8 Å². The number of Topliss-reactive ketones (excluding diaryl/α,β-unsaturated/α-hetero) is 1. The smallest absolute Gasteiger partial charge is 0.411 e. The zero-order chi connectivity index (χ0) is 29.4. The molecule has 8 nitrogen and oxygen atoms in total. The lowest BCUT2D eigenvalue weighted by molar-refractivity contribution is -0.129.